The molecule has 0 bridgehead atoms. The van der Waals surface area contributed by atoms with Gasteiger partial charge in [-0.1, -0.05) is 23.7 Å². The van der Waals surface area contributed by atoms with Crippen molar-refractivity contribution in [1.82, 2.24) is 15.4 Å². The van der Waals surface area contributed by atoms with Gasteiger partial charge in [-0.15, -0.1) is 11.3 Å². The summed E-state index contributed by atoms with van der Waals surface area (Å²) in [5.74, 6) is 0.0540. The molecule has 1 aromatic heterocycles. The van der Waals surface area contributed by atoms with E-state index in [1.54, 1.807) is 5.48 Å². The van der Waals surface area contributed by atoms with E-state index in [1.165, 1.54) is 15.4 Å². The third-order valence-corrected chi connectivity index (χ3v) is 8.17. The molecule has 2 heterocycles. The number of amides is 1. The largest absolute Gasteiger partial charge is 0.365 e. The molecule has 0 unspecified atom stereocenters. The lowest BCUT2D eigenvalue weighted by atomic mass is 9.84. The van der Waals surface area contributed by atoms with Crippen molar-refractivity contribution < 1.29 is 14.7 Å². The van der Waals surface area contributed by atoms with Crippen molar-refractivity contribution >= 4 is 28.8 Å². The number of benzene rings is 1. The highest BCUT2D eigenvalue weighted by Gasteiger charge is 2.38. The Bertz CT molecular complexity index is 876. The highest BCUT2D eigenvalue weighted by atomic mass is 35.5. The quantitative estimate of drug-likeness (QED) is 0.512. The predicted molar refractivity (Wildman–Crippen MR) is 122 cm³/mol. The molecule has 1 aromatic carbocycles. The van der Waals surface area contributed by atoms with E-state index in [4.69, 9.17) is 26.5 Å². The number of hydroxylamine groups is 1. The zero-order valence-electron chi connectivity index (χ0n) is 18.0. The van der Waals surface area contributed by atoms with E-state index in [1.807, 2.05) is 23.5 Å². The second kappa shape index (κ2) is 9.96. The molecule has 2 aliphatic rings. The van der Waals surface area contributed by atoms with Crippen LogP contribution in [0.15, 0.2) is 24.3 Å². The van der Waals surface area contributed by atoms with Gasteiger partial charge in [0.2, 0.25) is 0 Å². The minimum absolute atomic E-state index is 0.190. The van der Waals surface area contributed by atoms with Gasteiger partial charge in [0.05, 0.1) is 17.3 Å². The minimum Gasteiger partial charge on any atom is -0.365 e. The molecule has 2 N–H and O–H groups in total. The molecule has 1 amide bonds. The van der Waals surface area contributed by atoms with E-state index in [-0.39, 0.29) is 6.04 Å². The fraction of sp³-hybridized carbons (Fsp3) is 0.565. The molecule has 4 rings (SSSR count). The molecule has 1 saturated heterocycles. The summed E-state index contributed by atoms with van der Waals surface area (Å²) in [6, 6.07) is 8.52. The number of morpholine rings is 1. The summed E-state index contributed by atoms with van der Waals surface area (Å²) in [4.78, 5) is 20.6. The fourth-order valence-corrected chi connectivity index (χ4v) is 6.01. The van der Waals surface area contributed by atoms with Crippen molar-refractivity contribution in [2.45, 2.75) is 70.1 Å². The number of carbonyl (C=O) groups is 1. The molecular formula is C23H30ClN3O3S. The molecule has 1 aliphatic heterocycles. The Morgan fingerprint density at radius 1 is 1.26 bits per heavy atom. The van der Waals surface area contributed by atoms with Crippen molar-refractivity contribution in [3.8, 4) is 0 Å². The second-order valence-corrected chi connectivity index (χ2v) is 10.3. The lowest BCUT2D eigenvalue weighted by molar-refractivity contribution is -0.153. The molecule has 2 aromatic rings. The number of nitrogens with one attached hydrogen (secondary N) is 1. The van der Waals surface area contributed by atoms with Crippen LogP contribution >= 0.6 is 22.9 Å². The van der Waals surface area contributed by atoms with Crippen LogP contribution in [0, 0.1) is 13.8 Å². The maximum atomic E-state index is 12.0. The molecule has 31 heavy (non-hydrogen) atoms. The number of ether oxygens (including phenoxy) is 1. The summed E-state index contributed by atoms with van der Waals surface area (Å²) in [6.07, 6.45) is 4.57. The summed E-state index contributed by atoms with van der Waals surface area (Å²) < 4.78 is 5.82. The lowest BCUT2D eigenvalue weighted by Gasteiger charge is -2.45. The number of aromatic nitrogens is 1. The summed E-state index contributed by atoms with van der Waals surface area (Å²) in [5.41, 5.74) is 4.11. The van der Waals surface area contributed by atoms with Crippen molar-refractivity contribution in [1.29, 1.82) is 0 Å². The summed E-state index contributed by atoms with van der Waals surface area (Å²) in [5, 5.41) is 11.1. The first-order valence-corrected chi connectivity index (χ1v) is 12.1. The predicted octanol–water partition coefficient (Wildman–Crippen LogP) is 4.26. The molecule has 168 valence electrons. The van der Waals surface area contributed by atoms with Crippen molar-refractivity contribution in [3.63, 3.8) is 0 Å². The first-order valence-electron chi connectivity index (χ1n) is 10.9. The number of carbonyl (C=O) groups excluding carboxylic acids is 1. The van der Waals surface area contributed by atoms with Gasteiger partial charge in [-0.25, -0.2) is 10.5 Å². The second-order valence-electron chi connectivity index (χ2n) is 8.68. The van der Waals surface area contributed by atoms with Gasteiger partial charge in [-0.2, -0.15) is 0 Å². The number of aryl methyl sites for hydroxylation is 2. The van der Waals surface area contributed by atoms with E-state index in [9.17, 15) is 4.79 Å². The van der Waals surface area contributed by atoms with Crippen LogP contribution in [0.5, 0.6) is 0 Å². The normalized spacial score (nSPS) is 27.2. The number of rotatable bonds is 5. The lowest BCUT2D eigenvalue weighted by Crippen LogP contribution is -2.58. The van der Waals surface area contributed by atoms with Crippen LogP contribution in [0.3, 0.4) is 0 Å². The smallest absolute Gasteiger partial charge is 0.273 e. The van der Waals surface area contributed by atoms with Crippen molar-refractivity contribution in [3.05, 3.63) is 50.4 Å². The molecule has 2 fully saturated rings. The Kier molecular flexibility index (Phi) is 7.29. The molecule has 2 atom stereocenters. The van der Waals surface area contributed by atoms with Gasteiger partial charge in [-0.3, -0.25) is 14.9 Å². The highest BCUT2D eigenvalue weighted by molar-refractivity contribution is 7.11. The van der Waals surface area contributed by atoms with E-state index in [0.717, 1.165) is 42.8 Å². The Balaban J connectivity index is 1.45. The zero-order valence-corrected chi connectivity index (χ0v) is 19.6. The molecule has 0 radical (unpaired) electrons. The Hall–Kier alpha value is -1.51. The van der Waals surface area contributed by atoms with Crippen molar-refractivity contribution in [2.75, 3.05) is 13.2 Å². The summed E-state index contributed by atoms with van der Waals surface area (Å²) in [6.45, 7) is 5.19. The van der Waals surface area contributed by atoms with Gasteiger partial charge >= 0.3 is 0 Å². The average Bonchev–Trinajstić information content (AvgIpc) is 3.13. The molecule has 0 spiro atoms. The minimum atomic E-state index is -0.645. The first-order chi connectivity index (χ1) is 14.9. The van der Waals surface area contributed by atoms with E-state index >= 15 is 0 Å². The number of halogens is 1. The van der Waals surface area contributed by atoms with E-state index in [0.29, 0.717) is 25.1 Å². The molecule has 1 saturated carbocycles. The van der Waals surface area contributed by atoms with Crippen LogP contribution in [0.2, 0.25) is 5.02 Å². The van der Waals surface area contributed by atoms with Gasteiger partial charge in [-0.05, 0) is 63.6 Å². The maximum absolute atomic E-state index is 12.0. The summed E-state index contributed by atoms with van der Waals surface area (Å²) >= 11 is 7.87. The Labute approximate surface area is 192 Å². The van der Waals surface area contributed by atoms with Crippen LogP contribution in [0.25, 0.3) is 0 Å². The first kappa shape index (κ1) is 22.7. The Morgan fingerprint density at radius 2 is 1.97 bits per heavy atom. The van der Waals surface area contributed by atoms with Gasteiger partial charge in [0.25, 0.3) is 5.91 Å². The number of nitrogens with zero attached hydrogens (tertiary/aromatic N) is 2. The number of hydrogen-bond acceptors (Lipinski definition) is 6. The van der Waals surface area contributed by atoms with E-state index in [2.05, 4.69) is 30.9 Å². The van der Waals surface area contributed by atoms with Crippen LogP contribution in [-0.2, 0) is 16.0 Å². The van der Waals surface area contributed by atoms with E-state index < -0.39 is 12.0 Å². The van der Waals surface area contributed by atoms with Crippen LogP contribution in [0.4, 0.5) is 0 Å². The standard InChI is InChI=1S/C23H30ClN3O3S/c1-14-15(2)31-23(25-14)17-5-9-19(10-6-17)27-12-21(22(28)26-29)30-13-20(27)11-16-3-7-18(24)8-4-16/h3-4,7-8,17,19-21,29H,5-6,9-13H2,1-2H3,(H,26,28)/t17?,19?,20-,21+/m0/s1. The average molecular weight is 464 g/mol. The fourth-order valence-electron chi connectivity index (χ4n) is 4.79. The van der Waals surface area contributed by atoms with Crippen molar-refractivity contribution in [2.24, 2.45) is 0 Å². The monoisotopic (exact) mass is 463 g/mol. The third-order valence-electron chi connectivity index (χ3n) is 6.68. The molecule has 8 heteroatoms. The molecular weight excluding hydrogens is 434 g/mol. The zero-order chi connectivity index (χ0) is 22.0. The van der Waals surface area contributed by atoms with Crippen LogP contribution in [-0.4, -0.2) is 52.3 Å². The van der Waals surface area contributed by atoms with Gasteiger partial charge in [0.1, 0.15) is 0 Å². The van der Waals surface area contributed by atoms with Gasteiger partial charge in [0.15, 0.2) is 6.10 Å². The van der Waals surface area contributed by atoms with Crippen LogP contribution < -0.4 is 5.48 Å². The maximum Gasteiger partial charge on any atom is 0.273 e. The molecule has 1 aliphatic carbocycles. The topological polar surface area (TPSA) is 74.7 Å². The van der Waals surface area contributed by atoms with Crippen LogP contribution in [0.1, 0.15) is 52.7 Å². The number of hydrogen-bond donors (Lipinski definition) is 2. The summed E-state index contributed by atoms with van der Waals surface area (Å²) in [7, 11) is 0. The van der Waals surface area contributed by atoms with Gasteiger partial charge < -0.3 is 4.74 Å². The SMILES string of the molecule is Cc1nc(C2CCC(N3C[C@H](C(=O)NO)OC[C@@H]3Cc3ccc(Cl)cc3)CC2)sc1C. The molecule has 6 nitrogen and oxygen atoms in total. The highest BCUT2D eigenvalue weighted by Crippen LogP contribution is 2.38. The third kappa shape index (κ3) is 5.29. The Morgan fingerprint density at radius 3 is 2.58 bits per heavy atom. The number of thiazole rings is 1. The van der Waals surface area contributed by atoms with Gasteiger partial charge in [0, 0.05) is 34.4 Å².